The van der Waals surface area contributed by atoms with Crippen molar-refractivity contribution in [2.75, 3.05) is 18.6 Å². The predicted octanol–water partition coefficient (Wildman–Crippen LogP) is 1.51. The Labute approximate surface area is 200 Å². The molecule has 3 atom stereocenters. The number of carboxylic acids is 1. The molecule has 0 aliphatic heterocycles. The lowest BCUT2D eigenvalue weighted by molar-refractivity contribution is -0.145. The van der Waals surface area contributed by atoms with E-state index in [2.05, 4.69) is 16.0 Å². The van der Waals surface area contributed by atoms with Gasteiger partial charge < -0.3 is 30.9 Å². The van der Waals surface area contributed by atoms with Crippen LogP contribution in [-0.2, 0) is 19.1 Å². The second kappa shape index (κ2) is 13.6. The Morgan fingerprint density at radius 3 is 2.18 bits per heavy atom. The number of aliphatic carboxylic acids is 1. The molecule has 33 heavy (non-hydrogen) atoms. The molecule has 1 rings (SSSR count). The van der Waals surface area contributed by atoms with E-state index in [4.69, 9.17) is 9.84 Å². The minimum Gasteiger partial charge on any atom is -0.480 e. The van der Waals surface area contributed by atoms with Gasteiger partial charge in [-0.3, -0.25) is 9.59 Å². The van der Waals surface area contributed by atoms with Crippen LogP contribution in [0.4, 0.5) is 4.79 Å². The van der Waals surface area contributed by atoms with Crippen LogP contribution in [0.5, 0.6) is 0 Å². The number of amides is 3. The average Bonchev–Trinajstić information content (AvgIpc) is 2.71. The summed E-state index contributed by atoms with van der Waals surface area (Å²) in [4.78, 5) is 48.3. The van der Waals surface area contributed by atoms with Crippen LogP contribution in [0.3, 0.4) is 0 Å². The molecule has 0 aromatic rings. The summed E-state index contributed by atoms with van der Waals surface area (Å²) in [6.07, 6.45) is 3.15. The maximum Gasteiger partial charge on any atom is 0.408 e. The topological polar surface area (TPSA) is 154 Å². The van der Waals surface area contributed by atoms with E-state index in [1.165, 1.54) is 6.92 Å². The summed E-state index contributed by atoms with van der Waals surface area (Å²) in [5, 5.41) is 26.6. The molecule has 190 valence electrons. The van der Waals surface area contributed by atoms with Crippen LogP contribution in [-0.4, -0.2) is 76.4 Å². The zero-order valence-electron chi connectivity index (χ0n) is 20.2. The largest absolute Gasteiger partial charge is 0.480 e. The molecule has 1 aliphatic carbocycles. The maximum absolute atomic E-state index is 12.7. The van der Waals surface area contributed by atoms with Crippen LogP contribution in [0.25, 0.3) is 0 Å². The standard InChI is InChI=1S/C22H39N3O7S/c1-13(26)17(20(29)30)25-18(27)15-8-6-14(7-9-15)12-23-19(28)16(10-11-33-5)24-21(31)32-22(2,3)4/h13-17,26H,6-12H2,1-5H3,(H,23,28)(H,24,31)(H,25,27)(H,29,30)/t13-,14?,15?,16-,17-/m0/s1. The Kier molecular flexibility index (Phi) is 12.0. The molecule has 0 bridgehead atoms. The van der Waals surface area contributed by atoms with Gasteiger partial charge in [-0.25, -0.2) is 9.59 Å². The Morgan fingerprint density at radius 1 is 1.09 bits per heavy atom. The van der Waals surface area contributed by atoms with E-state index in [-0.39, 0.29) is 23.7 Å². The fourth-order valence-corrected chi connectivity index (χ4v) is 4.08. The van der Waals surface area contributed by atoms with Gasteiger partial charge in [0.05, 0.1) is 6.10 Å². The number of aliphatic hydroxyl groups is 1. The number of carbonyl (C=O) groups excluding carboxylic acids is 3. The lowest BCUT2D eigenvalue weighted by Crippen LogP contribution is -2.50. The molecule has 0 radical (unpaired) electrons. The van der Waals surface area contributed by atoms with Crippen molar-refractivity contribution in [2.24, 2.45) is 11.8 Å². The van der Waals surface area contributed by atoms with Gasteiger partial charge in [-0.15, -0.1) is 0 Å². The molecule has 0 aromatic heterocycles. The number of aliphatic hydroxyl groups excluding tert-OH is 1. The Morgan fingerprint density at radius 2 is 1.70 bits per heavy atom. The third kappa shape index (κ3) is 11.1. The van der Waals surface area contributed by atoms with E-state index in [1.54, 1.807) is 32.5 Å². The van der Waals surface area contributed by atoms with E-state index in [9.17, 15) is 24.3 Å². The number of carboxylic acid groups (broad SMARTS) is 1. The van der Waals surface area contributed by atoms with E-state index in [0.29, 0.717) is 44.4 Å². The first kappa shape index (κ1) is 29.0. The minimum absolute atomic E-state index is 0.188. The molecule has 0 heterocycles. The molecule has 0 unspecified atom stereocenters. The number of nitrogens with one attached hydrogen (secondary N) is 3. The third-order valence-electron chi connectivity index (χ3n) is 5.45. The third-order valence-corrected chi connectivity index (χ3v) is 6.09. The van der Waals surface area contributed by atoms with Gasteiger partial charge in [-0.2, -0.15) is 11.8 Å². The molecule has 5 N–H and O–H groups in total. The fourth-order valence-electron chi connectivity index (χ4n) is 3.61. The Bertz CT molecular complexity index is 673. The summed E-state index contributed by atoms with van der Waals surface area (Å²) in [7, 11) is 0. The van der Waals surface area contributed by atoms with Gasteiger partial charge in [0.15, 0.2) is 6.04 Å². The Balaban J connectivity index is 2.51. The highest BCUT2D eigenvalue weighted by molar-refractivity contribution is 7.98. The number of alkyl carbamates (subject to hydrolysis) is 1. The van der Waals surface area contributed by atoms with Crippen LogP contribution in [0.1, 0.15) is 59.8 Å². The predicted molar refractivity (Wildman–Crippen MR) is 126 cm³/mol. The number of ether oxygens (including phenoxy) is 1. The molecule has 1 fully saturated rings. The van der Waals surface area contributed by atoms with Gasteiger partial charge in [-0.05, 0) is 77.7 Å². The van der Waals surface area contributed by atoms with E-state index >= 15 is 0 Å². The molecular formula is C22H39N3O7S. The lowest BCUT2D eigenvalue weighted by atomic mass is 9.81. The molecule has 0 saturated heterocycles. The van der Waals surface area contributed by atoms with Crippen molar-refractivity contribution >= 4 is 35.6 Å². The van der Waals surface area contributed by atoms with Crippen molar-refractivity contribution in [3.8, 4) is 0 Å². The zero-order valence-corrected chi connectivity index (χ0v) is 21.0. The average molecular weight is 490 g/mol. The first-order valence-electron chi connectivity index (χ1n) is 11.3. The summed E-state index contributed by atoms with van der Waals surface area (Å²) in [5.41, 5.74) is -0.657. The number of thioether (sulfide) groups is 1. The van der Waals surface area contributed by atoms with Crippen LogP contribution >= 0.6 is 11.8 Å². The van der Waals surface area contributed by atoms with Crippen molar-refractivity contribution in [2.45, 2.75) is 83.6 Å². The zero-order chi connectivity index (χ0) is 25.2. The maximum atomic E-state index is 12.7. The van der Waals surface area contributed by atoms with Crippen LogP contribution in [0.2, 0.25) is 0 Å². The highest BCUT2D eigenvalue weighted by Crippen LogP contribution is 2.28. The highest BCUT2D eigenvalue weighted by Gasteiger charge is 2.32. The van der Waals surface area contributed by atoms with Gasteiger partial charge >= 0.3 is 12.1 Å². The summed E-state index contributed by atoms with van der Waals surface area (Å²) in [6.45, 7) is 7.03. The minimum atomic E-state index is -1.33. The smallest absolute Gasteiger partial charge is 0.408 e. The molecular weight excluding hydrogens is 450 g/mol. The van der Waals surface area contributed by atoms with Crippen LogP contribution < -0.4 is 16.0 Å². The van der Waals surface area contributed by atoms with E-state index in [1.807, 2.05) is 6.26 Å². The molecule has 1 aliphatic rings. The normalized spacial score (nSPS) is 21.3. The van der Waals surface area contributed by atoms with Crippen molar-refractivity contribution in [3.05, 3.63) is 0 Å². The first-order valence-corrected chi connectivity index (χ1v) is 12.7. The summed E-state index contributed by atoms with van der Waals surface area (Å²) in [6, 6.07) is -2.02. The lowest BCUT2D eigenvalue weighted by Gasteiger charge is -2.29. The summed E-state index contributed by atoms with van der Waals surface area (Å²) < 4.78 is 5.26. The van der Waals surface area contributed by atoms with Gasteiger partial charge in [-0.1, -0.05) is 0 Å². The quantitative estimate of drug-likeness (QED) is 0.293. The number of hydrogen-bond acceptors (Lipinski definition) is 7. The van der Waals surface area contributed by atoms with Crippen LogP contribution in [0, 0.1) is 11.8 Å². The van der Waals surface area contributed by atoms with Crippen molar-refractivity contribution in [3.63, 3.8) is 0 Å². The SMILES string of the molecule is CSCC[C@H](NC(=O)OC(C)(C)C)C(=O)NCC1CCC(C(=O)N[C@H](C(=O)O)[C@H](C)O)CC1. The second-order valence-electron chi connectivity index (χ2n) is 9.51. The monoisotopic (exact) mass is 489 g/mol. The van der Waals surface area contributed by atoms with Gasteiger partial charge in [0.2, 0.25) is 11.8 Å². The van der Waals surface area contributed by atoms with Gasteiger partial charge in [0, 0.05) is 12.5 Å². The molecule has 10 nitrogen and oxygen atoms in total. The summed E-state index contributed by atoms with van der Waals surface area (Å²) in [5.74, 6) is -1.34. The van der Waals surface area contributed by atoms with Crippen molar-refractivity contribution in [1.29, 1.82) is 0 Å². The van der Waals surface area contributed by atoms with Gasteiger partial charge in [0.25, 0.3) is 0 Å². The molecule has 1 saturated carbocycles. The number of rotatable bonds is 11. The summed E-state index contributed by atoms with van der Waals surface area (Å²) >= 11 is 1.58. The van der Waals surface area contributed by atoms with Crippen molar-refractivity contribution < 1.29 is 34.1 Å². The Hall–Kier alpha value is -2.01. The molecule has 11 heteroatoms. The highest BCUT2D eigenvalue weighted by atomic mass is 32.2. The first-order chi connectivity index (χ1) is 15.3. The molecule has 0 aromatic carbocycles. The molecule has 0 spiro atoms. The molecule has 3 amide bonds. The second-order valence-corrected chi connectivity index (χ2v) is 10.5. The number of hydrogen-bond donors (Lipinski definition) is 5. The fraction of sp³-hybridized carbons (Fsp3) is 0.818. The van der Waals surface area contributed by atoms with E-state index in [0.717, 1.165) is 0 Å². The number of carbonyl (C=O) groups is 4. The van der Waals surface area contributed by atoms with Crippen molar-refractivity contribution in [1.82, 2.24) is 16.0 Å². The van der Waals surface area contributed by atoms with E-state index < -0.39 is 35.9 Å². The van der Waals surface area contributed by atoms with Crippen LogP contribution in [0.15, 0.2) is 0 Å². The van der Waals surface area contributed by atoms with Gasteiger partial charge in [0.1, 0.15) is 11.6 Å².